The number of thiophene rings is 2. The van der Waals surface area contributed by atoms with Crippen LogP contribution in [0.15, 0.2) is 303 Å². The first-order valence-electron chi connectivity index (χ1n) is 31.4. The summed E-state index contributed by atoms with van der Waals surface area (Å²) in [5.41, 5.74) is 15.7. The number of aromatic nitrogens is 8. The molecule has 0 aliphatic rings. The normalized spacial score (nSPS) is 11.8. The van der Waals surface area contributed by atoms with Crippen molar-refractivity contribution in [2.24, 2.45) is 0 Å². The quantitative estimate of drug-likeness (QED) is 0.136. The van der Waals surface area contributed by atoms with E-state index in [0.29, 0.717) is 34.9 Å². The molecule has 13 aromatic carbocycles. The third-order valence-corrected chi connectivity index (χ3v) is 20.6. The Morgan fingerprint density at radius 3 is 1.11 bits per heavy atom. The Balaban J connectivity index is 0.844. The summed E-state index contributed by atoms with van der Waals surface area (Å²) in [7, 11) is 0. The van der Waals surface area contributed by atoms with Crippen LogP contribution in [-0.2, 0) is 0 Å². The SMILES string of the molecule is c1ccc(-c2nc(-c3ccccc3)nc(-c3cc(-c4cccc(-c5ccc(-n6c7ccccc7c7c8sc9ccccc9c8ccc76)c(-c6nc(-c7ccccc7)nc(-c7ccccc7)n6)c5)c4)cc(-n4c5ccccc5c5c6sc7ccccc7c6ccc54)c3)n2)cc1. The van der Waals surface area contributed by atoms with E-state index in [-0.39, 0.29) is 0 Å². The van der Waals surface area contributed by atoms with Gasteiger partial charge in [0.25, 0.3) is 0 Å². The van der Waals surface area contributed by atoms with Crippen molar-refractivity contribution in [3.63, 3.8) is 0 Å². The minimum absolute atomic E-state index is 0.563. The van der Waals surface area contributed by atoms with Gasteiger partial charge in [0.2, 0.25) is 0 Å². The summed E-state index contributed by atoms with van der Waals surface area (Å²) in [6, 6.07) is 108. The Labute approximate surface area is 547 Å². The zero-order chi connectivity index (χ0) is 61.8. The summed E-state index contributed by atoms with van der Waals surface area (Å²) in [5, 5.41) is 9.90. The van der Waals surface area contributed by atoms with Crippen molar-refractivity contribution in [2.45, 2.75) is 0 Å². The molecule has 19 aromatic rings. The summed E-state index contributed by atoms with van der Waals surface area (Å²) < 4.78 is 9.93. The van der Waals surface area contributed by atoms with Gasteiger partial charge in [-0.05, 0) is 95.1 Å². The van der Waals surface area contributed by atoms with Gasteiger partial charge in [-0.2, -0.15) is 0 Å². The molecule has 8 nitrogen and oxygen atoms in total. The van der Waals surface area contributed by atoms with Gasteiger partial charge >= 0.3 is 0 Å². The Morgan fingerprint density at radius 2 is 0.596 bits per heavy atom. The molecule has 438 valence electrons. The van der Waals surface area contributed by atoms with Crippen LogP contribution in [-0.4, -0.2) is 39.0 Å². The third-order valence-electron chi connectivity index (χ3n) is 18.2. The van der Waals surface area contributed by atoms with Crippen LogP contribution >= 0.6 is 22.7 Å². The molecule has 0 saturated carbocycles. The standard InChI is InChI=1S/C84H50N8S2/c1-5-22-51(23-6-1)79-85-80(52-24-7-2-8-25-52)88-83(87-79)59-47-58(48-60(49-59)91-68-36-17-13-34-65(68)75-71(91)44-41-63-61-32-15-19-38-73(61)93-77(63)75)56-31-21-30-55(46-56)57-40-43-70(67(50-57)84-89-81(53-26-9-3-10-27-53)86-82(90-84)54-28-11-4-12-29-54)92-69-37-18-14-35-66(69)76-72(92)45-42-64-62-33-16-20-39-74(62)94-78(64)76/h1-50H. The molecule has 0 fully saturated rings. The number of hydrogen-bond donors (Lipinski definition) is 0. The fourth-order valence-electron chi connectivity index (χ4n) is 13.9. The summed E-state index contributed by atoms with van der Waals surface area (Å²) >= 11 is 3.72. The lowest BCUT2D eigenvalue weighted by Crippen LogP contribution is -2.04. The van der Waals surface area contributed by atoms with Crippen LogP contribution in [0.4, 0.5) is 0 Å². The van der Waals surface area contributed by atoms with Crippen molar-refractivity contribution >= 4 is 107 Å². The van der Waals surface area contributed by atoms with Crippen molar-refractivity contribution in [1.82, 2.24) is 39.0 Å². The van der Waals surface area contributed by atoms with Crippen LogP contribution in [0.2, 0.25) is 0 Å². The van der Waals surface area contributed by atoms with E-state index in [2.05, 4.69) is 240 Å². The Kier molecular flexibility index (Phi) is 12.5. The van der Waals surface area contributed by atoms with Crippen molar-refractivity contribution in [3.8, 4) is 102 Å². The molecule has 0 amide bonds. The van der Waals surface area contributed by atoms with Crippen molar-refractivity contribution in [1.29, 1.82) is 0 Å². The van der Waals surface area contributed by atoms with Gasteiger partial charge in [0.15, 0.2) is 34.9 Å². The number of nitrogens with zero attached hydrogens (tertiary/aromatic N) is 8. The minimum Gasteiger partial charge on any atom is -0.309 e. The Hall–Kier alpha value is -12.1. The highest BCUT2D eigenvalue weighted by Crippen LogP contribution is 2.47. The number of fused-ring (bicyclic) bond motifs is 14. The Bertz CT molecular complexity index is 6120. The summed E-state index contributed by atoms with van der Waals surface area (Å²) in [6.45, 7) is 0. The topological polar surface area (TPSA) is 87.2 Å². The van der Waals surface area contributed by atoms with Gasteiger partial charge in [-0.25, -0.2) is 29.9 Å². The first-order valence-corrected chi connectivity index (χ1v) is 33.0. The number of hydrogen-bond acceptors (Lipinski definition) is 8. The van der Waals surface area contributed by atoms with Crippen LogP contribution in [0.5, 0.6) is 0 Å². The van der Waals surface area contributed by atoms with Crippen molar-refractivity contribution in [3.05, 3.63) is 303 Å². The minimum atomic E-state index is 0.563. The highest BCUT2D eigenvalue weighted by molar-refractivity contribution is 7.27. The van der Waals surface area contributed by atoms with Crippen LogP contribution in [0.25, 0.3) is 186 Å². The van der Waals surface area contributed by atoms with Gasteiger partial charge in [-0.15, -0.1) is 22.7 Å². The first kappa shape index (κ1) is 53.7. The highest BCUT2D eigenvalue weighted by Gasteiger charge is 2.25. The van der Waals surface area contributed by atoms with Crippen LogP contribution in [0.1, 0.15) is 0 Å². The van der Waals surface area contributed by atoms with Crippen LogP contribution < -0.4 is 0 Å². The maximum absolute atomic E-state index is 5.45. The molecular formula is C84H50N8S2. The van der Waals surface area contributed by atoms with Crippen molar-refractivity contribution in [2.75, 3.05) is 0 Å². The van der Waals surface area contributed by atoms with Crippen molar-refractivity contribution < 1.29 is 0 Å². The lowest BCUT2D eigenvalue weighted by atomic mass is 9.95. The lowest BCUT2D eigenvalue weighted by Gasteiger charge is -2.17. The van der Waals surface area contributed by atoms with Crippen LogP contribution in [0.3, 0.4) is 0 Å². The molecule has 0 atom stereocenters. The largest absolute Gasteiger partial charge is 0.309 e. The maximum atomic E-state index is 5.45. The van der Waals surface area contributed by atoms with Gasteiger partial charge in [0.05, 0.1) is 27.8 Å². The summed E-state index contributed by atoms with van der Waals surface area (Å²) in [6.07, 6.45) is 0. The van der Waals surface area contributed by atoms with Gasteiger partial charge < -0.3 is 9.13 Å². The van der Waals surface area contributed by atoms with Gasteiger partial charge in [-0.1, -0.05) is 231 Å². The van der Waals surface area contributed by atoms with Gasteiger partial charge in [-0.3, -0.25) is 0 Å². The second kappa shape index (κ2) is 21.8. The molecule has 0 aliphatic carbocycles. The summed E-state index contributed by atoms with van der Waals surface area (Å²) in [4.78, 5) is 31.9. The molecule has 94 heavy (non-hydrogen) atoms. The zero-order valence-electron chi connectivity index (χ0n) is 50.3. The fraction of sp³-hybridized carbons (Fsp3) is 0. The molecule has 0 unspecified atom stereocenters. The fourth-order valence-corrected chi connectivity index (χ4v) is 16.4. The smallest absolute Gasteiger partial charge is 0.166 e. The van der Waals surface area contributed by atoms with E-state index in [9.17, 15) is 0 Å². The molecule has 0 bridgehead atoms. The van der Waals surface area contributed by atoms with E-state index in [1.54, 1.807) is 0 Å². The van der Waals surface area contributed by atoms with E-state index >= 15 is 0 Å². The van der Waals surface area contributed by atoms with E-state index < -0.39 is 0 Å². The molecule has 6 aromatic heterocycles. The number of rotatable bonds is 10. The number of benzene rings is 13. The first-order chi connectivity index (χ1) is 46.6. The van der Waals surface area contributed by atoms with Gasteiger partial charge in [0, 0.05) is 101 Å². The highest BCUT2D eigenvalue weighted by atomic mass is 32.1. The molecule has 0 spiro atoms. The van der Waals surface area contributed by atoms with E-state index in [1.807, 2.05) is 95.5 Å². The molecule has 6 heterocycles. The van der Waals surface area contributed by atoms with E-state index in [1.165, 1.54) is 61.9 Å². The lowest BCUT2D eigenvalue weighted by molar-refractivity contribution is 1.06. The zero-order valence-corrected chi connectivity index (χ0v) is 51.9. The van der Waals surface area contributed by atoms with Crippen LogP contribution in [0, 0.1) is 0 Å². The molecule has 0 saturated heterocycles. The molecular weight excluding hydrogens is 1190 g/mol. The van der Waals surface area contributed by atoms with E-state index in [0.717, 1.165) is 89.1 Å². The third kappa shape index (κ3) is 8.87. The monoisotopic (exact) mass is 1230 g/mol. The molecule has 0 radical (unpaired) electrons. The van der Waals surface area contributed by atoms with E-state index in [4.69, 9.17) is 29.9 Å². The molecule has 10 heteroatoms. The predicted octanol–water partition coefficient (Wildman–Crippen LogP) is 22.3. The van der Waals surface area contributed by atoms with Gasteiger partial charge in [0.1, 0.15) is 0 Å². The number of para-hydroxylation sites is 2. The predicted molar refractivity (Wildman–Crippen MR) is 391 cm³/mol. The maximum Gasteiger partial charge on any atom is 0.166 e. The molecule has 0 N–H and O–H groups in total. The summed E-state index contributed by atoms with van der Waals surface area (Å²) in [5.74, 6) is 3.51. The average Bonchev–Trinajstić information content (AvgIpc) is 1.56. The molecule has 19 rings (SSSR count). The second-order valence-corrected chi connectivity index (χ2v) is 25.8. The second-order valence-electron chi connectivity index (χ2n) is 23.7. The Morgan fingerprint density at radius 1 is 0.223 bits per heavy atom. The molecule has 0 aliphatic heterocycles. The average molecular weight is 1240 g/mol.